The van der Waals surface area contributed by atoms with E-state index in [0.29, 0.717) is 6.61 Å². The summed E-state index contributed by atoms with van der Waals surface area (Å²) in [7, 11) is 0. The molecule has 0 aromatic heterocycles. The van der Waals surface area contributed by atoms with Crippen molar-refractivity contribution in [2.24, 2.45) is 11.8 Å². The quantitative estimate of drug-likeness (QED) is 0.640. The summed E-state index contributed by atoms with van der Waals surface area (Å²) in [5, 5.41) is 3.16. The Bertz CT molecular complexity index is 1010. The molecule has 0 unspecified atom stereocenters. The van der Waals surface area contributed by atoms with E-state index in [0.717, 1.165) is 11.4 Å². The van der Waals surface area contributed by atoms with Crippen LogP contribution < -0.4 is 10.1 Å². The molecule has 1 amide bonds. The van der Waals surface area contributed by atoms with Crippen molar-refractivity contribution >= 4 is 11.6 Å². The Labute approximate surface area is 171 Å². The van der Waals surface area contributed by atoms with Crippen LogP contribution in [0.15, 0.2) is 72.8 Å². The van der Waals surface area contributed by atoms with Crippen LogP contribution in [0.3, 0.4) is 0 Å². The fraction of sp³-hybridized carbons (Fsp3) is 0.269. The van der Waals surface area contributed by atoms with E-state index < -0.39 is 0 Å². The molecule has 3 aromatic rings. The Balaban J connectivity index is 1.50. The molecule has 0 spiro atoms. The standard InChI is InChI=1S/C26H25NO2/c1-3-29-18-14-12-17(13-15-18)27-26(28)24-16(2)23-19-8-4-6-10-21(19)25(24)22-11-7-5-9-20(22)23/h4-16,23-25H,3H2,1-2H3,(H,27,28)/t16-,23?,24-,25?/m1/s1. The number of rotatable bonds is 4. The van der Waals surface area contributed by atoms with Gasteiger partial charge in [-0.2, -0.15) is 0 Å². The number of anilines is 1. The first-order chi connectivity index (χ1) is 14.2. The van der Waals surface area contributed by atoms with Crippen molar-refractivity contribution in [3.63, 3.8) is 0 Å². The molecule has 0 saturated carbocycles. The smallest absolute Gasteiger partial charge is 0.228 e. The van der Waals surface area contributed by atoms with Gasteiger partial charge in [0.05, 0.1) is 12.5 Å². The van der Waals surface area contributed by atoms with Crippen molar-refractivity contribution in [2.45, 2.75) is 25.7 Å². The van der Waals surface area contributed by atoms with Crippen molar-refractivity contribution in [3.8, 4) is 5.75 Å². The minimum atomic E-state index is -0.0867. The predicted octanol–water partition coefficient (Wildman–Crippen LogP) is 5.57. The molecule has 29 heavy (non-hydrogen) atoms. The lowest BCUT2D eigenvalue weighted by Gasteiger charge is -2.49. The minimum Gasteiger partial charge on any atom is -0.494 e. The van der Waals surface area contributed by atoms with Gasteiger partial charge < -0.3 is 10.1 Å². The number of hydrogen-bond donors (Lipinski definition) is 1. The van der Waals surface area contributed by atoms with Gasteiger partial charge in [-0.3, -0.25) is 4.79 Å². The largest absolute Gasteiger partial charge is 0.494 e. The fourth-order valence-electron chi connectivity index (χ4n) is 5.37. The number of hydrogen-bond acceptors (Lipinski definition) is 2. The number of amides is 1. The Kier molecular flexibility index (Phi) is 4.39. The van der Waals surface area contributed by atoms with E-state index in [9.17, 15) is 4.79 Å². The number of carbonyl (C=O) groups is 1. The number of benzene rings is 3. The number of fused-ring (bicyclic) bond motifs is 1. The van der Waals surface area contributed by atoms with Gasteiger partial charge in [-0.1, -0.05) is 55.5 Å². The molecule has 0 fully saturated rings. The summed E-state index contributed by atoms with van der Waals surface area (Å²) in [4.78, 5) is 13.5. The molecule has 3 aromatic carbocycles. The number of nitrogens with one attached hydrogen (secondary N) is 1. The van der Waals surface area contributed by atoms with E-state index >= 15 is 0 Å². The summed E-state index contributed by atoms with van der Waals surface area (Å²) in [6, 6.07) is 24.9. The van der Waals surface area contributed by atoms with Crippen molar-refractivity contribution in [3.05, 3.63) is 95.1 Å². The first-order valence-corrected chi connectivity index (χ1v) is 10.4. The average molecular weight is 383 g/mol. The molecule has 3 aliphatic carbocycles. The van der Waals surface area contributed by atoms with Crippen LogP contribution in [0.1, 0.15) is 47.9 Å². The van der Waals surface area contributed by atoms with Crippen LogP contribution in [0.4, 0.5) is 5.69 Å². The molecule has 146 valence electrons. The monoisotopic (exact) mass is 383 g/mol. The third-order valence-corrected chi connectivity index (χ3v) is 6.52. The van der Waals surface area contributed by atoms with Gasteiger partial charge in [0.1, 0.15) is 5.75 Å². The van der Waals surface area contributed by atoms with Crippen molar-refractivity contribution in [1.29, 1.82) is 0 Å². The molecule has 2 bridgehead atoms. The van der Waals surface area contributed by atoms with E-state index in [1.165, 1.54) is 22.3 Å². The van der Waals surface area contributed by atoms with Crippen LogP contribution in [0.5, 0.6) is 5.75 Å². The second-order valence-electron chi connectivity index (χ2n) is 8.04. The summed E-state index contributed by atoms with van der Waals surface area (Å²) < 4.78 is 5.50. The molecule has 6 rings (SSSR count). The Hall–Kier alpha value is -3.07. The van der Waals surface area contributed by atoms with Gasteiger partial charge in [0.2, 0.25) is 5.91 Å². The lowest BCUT2D eigenvalue weighted by Crippen LogP contribution is -2.44. The number of ether oxygens (including phenoxy) is 1. The SMILES string of the molecule is CCOc1ccc(NC(=O)[C@H]2C3c4ccccc4C(c4ccccc43)[C@H]2C)cc1. The van der Waals surface area contributed by atoms with E-state index in [4.69, 9.17) is 4.74 Å². The van der Waals surface area contributed by atoms with Crippen molar-refractivity contribution in [1.82, 2.24) is 0 Å². The molecule has 3 nitrogen and oxygen atoms in total. The van der Waals surface area contributed by atoms with E-state index in [-0.39, 0.29) is 29.6 Å². The third-order valence-electron chi connectivity index (χ3n) is 6.52. The summed E-state index contributed by atoms with van der Waals surface area (Å²) in [6.07, 6.45) is 0. The molecule has 0 saturated heterocycles. The molecule has 0 radical (unpaired) electrons. The molecule has 2 atom stereocenters. The first-order valence-electron chi connectivity index (χ1n) is 10.4. The van der Waals surface area contributed by atoms with Gasteiger partial charge in [0.15, 0.2) is 0 Å². The molecular formula is C26H25NO2. The van der Waals surface area contributed by atoms with Gasteiger partial charge in [0.25, 0.3) is 0 Å². The molecule has 1 N–H and O–H groups in total. The maximum absolute atomic E-state index is 13.5. The van der Waals surface area contributed by atoms with E-state index in [1.807, 2.05) is 31.2 Å². The topological polar surface area (TPSA) is 38.3 Å². The maximum atomic E-state index is 13.5. The third kappa shape index (κ3) is 2.84. The Morgan fingerprint density at radius 2 is 1.34 bits per heavy atom. The highest BCUT2D eigenvalue weighted by Crippen LogP contribution is 2.58. The van der Waals surface area contributed by atoms with E-state index in [1.54, 1.807) is 0 Å². The minimum absolute atomic E-state index is 0.0867. The Morgan fingerprint density at radius 3 is 1.86 bits per heavy atom. The van der Waals surface area contributed by atoms with Crippen LogP contribution in [0.25, 0.3) is 0 Å². The normalized spacial score (nSPS) is 23.8. The molecule has 3 aliphatic rings. The lowest BCUT2D eigenvalue weighted by atomic mass is 9.54. The zero-order valence-corrected chi connectivity index (χ0v) is 16.8. The van der Waals surface area contributed by atoms with E-state index in [2.05, 4.69) is 60.8 Å². The summed E-state index contributed by atoms with van der Waals surface area (Å²) in [5.74, 6) is 1.44. The predicted molar refractivity (Wildman–Crippen MR) is 115 cm³/mol. The molecule has 3 heteroatoms. The van der Waals surface area contributed by atoms with Gasteiger partial charge in [-0.05, 0) is 59.4 Å². The average Bonchev–Trinajstić information content (AvgIpc) is 2.75. The second kappa shape index (κ2) is 7.07. The molecule has 0 aliphatic heterocycles. The van der Waals surface area contributed by atoms with Crippen LogP contribution >= 0.6 is 0 Å². The van der Waals surface area contributed by atoms with Crippen LogP contribution in [-0.2, 0) is 4.79 Å². The highest BCUT2D eigenvalue weighted by atomic mass is 16.5. The van der Waals surface area contributed by atoms with Crippen molar-refractivity contribution in [2.75, 3.05) is 11.9 Å². The maximum Gasteiger partial charge on any atom is 0.228 e. The van der Waals surface area contributed by atoms with Gasteiger partial charge in [-0.15, -0.1) is 0 Å². The molecular weight excluding hydrogens is 358 g/mol. The first kappa shape index (κ1) is 18.0. The van der Waals surface area contributed by atoms with Crippen molar-refractivity contribution < 1.29 is 9.53 Å². The molecule has 0 heterocycles. The Morgan fingerprint density at radius 1 is 0.828 bits per heavy atom. The zero-order valence-electron chi connectivity index (χ0n) is 16.8. The second-order valence-corrected chi connectivity index (χ2v) is 8.04. The summed E-state index contributed by atoms with van der Waals surface area (Å²) in [6.45, 7) is 4.82. The highest BCUT2D eigenvalue weighted by molar-refractivity contribution is 5.94. The van der Waals surface area contributed by atoms with Gasteiger partial charge in [0, 0.05) is 17.5 Å². The van der Waals surface area contributed by atoms with Crippen LogP contribution in [0, 0.1) is 11.8 Å². The number of carbonyl (C=O) groups excluding carboxylic acids is 1. The van der Waals surface area contributed by atoms with Crippen LogP contribution in [-0.4, -0.2) is 12.5 Å². The zero-order chi connectivity index (χ0) is 20.0. The van der Waals surface area contributed by atoms with Crippen LogP contribution in [0.2, 0.25) is 0 Å². The summed E-state index contributed by atoms with van der Waals surface area (Å²) in [5.41, 5.74) is 6.19. The van der Waals surface area contributed by atoms with Gasteiger partial charge >= 0.3 is 0 Å². The van der Waals surface area contributed by atoms with Gasteiger partial charge in [-0.25, -0.2) is 0 Å². The highest BCUT2D eigenvalue weighted by Gasteiger charge is 2.50. The fourth-order valence-corrected chi connectivity index (χ4v) is 5.37. The summed E-state index contributed by atoms with van der Waals surface area (Å²) >= 11 is 0. The lowest BCUT2D eigenvalue weighted by molar-refractivity contribution is -0.122.